The number of carbonyl (C=O) groups is 1. The molecule has 0 fully saturated rings. The monoisotopic (exact) mass is 432 g/mol. The van der Waals surface area contributed by atoms with Gasteiger partial charge in [0.1, 0.15) is 0 Å². The van der Waals surface area contributed by atoms with Gasteiger partial charge in [0.05, 0.1) is 22.5 Å². The molecular formula is C28H24N4O. The summed E-state index contributed by atoms with van der Waals surface area (Å²) in [6.07, 6.45) is 0. The Bertz CT molecular complexity index is 1470. The van der Waals surface area contributed by atoms with Gasteiger partial charge in [0.2, 0.25) is 0 Å². The first-order valence-corrected chi connectivity index (χ1v) is 10.9. The number of nitrogens with one attached hydrogen (secondary N) is 1. The Labute approximate surface area is 192 Å². The fourth-order valence-corrected chi connectivity index (χ4v) is 4.21. The zero-order valence-corrected chi connectivity index (χ0v) is 18.8. The number of carbonyl (C=O) groups excluding carboxylic acids is 1. The van der Waals surface area contributed by atoms with Crippen molar-refractivity contribution in [1.29, 1.82) is 0 Å². The molecule has 0 unspecified atom stereocenters. The van der Waals surface area contributed by atoms with Crippen LogP contribution in [0.3, 0.4) is 0 Å². The van der Waals surface area contributed by atoms with Crippen molar-refractivity contribution in [3.63, 3.8) is 0 Å². The Kier molecular flexibility index (Phi) is 5.23. The van der Waals surface area contributed by atoms with Gasteiger partial charge in [-0.25, -0.2) is 4.98 Å². The fourth-order valence-electron chi connectivity index (χ4n) is 4.21. The third-order valence-electron chi connectivity index (χ3n) is 5.98. The van der Waals surface area contributed by atoms with Crippen LogP contribution in [0.4, 0.5) is 5.69 Å². The standard InChI is InChI=1S/C28H24N4O/c1-18-27(19(2)32(3)31-18)26-17-24(23-11-7-8-12-25(23)30-26)28(33)29-22-15-13-21(14-16-22)20-9-5-4-6-10-20/h4-17H,1-3H3,(H,29,33). The Morgan fingerprint density at radius 1 is 0.848 bits per heavy atom. The molecular weight excluding hydrogens is 408 g/mol. The molecule has 162 valence electrons. The summed E-state index contributed by atoms with van der Waals surface area (Å²) in [7, 11) is 1.92. The third kappa shape index (κ3) is 3.89. The lowest BCUT2D eigenvalue weighted by Gasteiger charge is -2.11. The molecule has 5 heteroatoms. The molecule has 5 aromatic rings. The summed E-state index contributed by atoms with van der Waals surface area (Å²) in [5, 5.41) is 8.39. The summed E-state index contributed by atoms with van der Waals surface area (Å²) in [5.41, 5.74) is 7.98. The Balaban J connectivity index is 1.52. The number of anilines is 1. The van der Waals surface area contributed by atoms with Gasteiger partial charge in [0.15, 0.2) is 0 Å². The lowest BCUT2D eigenvalue weighted by atomic mass is 10.0. The first-order chi connectivity index (χ1) is 16.0. The number of pyridine rings is 1. The molecule has 5 nitrogen and oxygen atoms in total. The molecule has 1 N–H and O–H groups in total. The maximum atomic E-state index is 13.4. The van der Waals surface area contributed by atoms with Crippen molar-refractivity contribution in [2.24, 2.45) is 7.05 Å². The number of hydrogen-bond donors (Lipinski definition) is 1. The predicted molar refractivity (Wildman–Crippen MR) is 133 cm³/mol. The first kappa shape index (κ1) is 20.6. The normalized spacial score (nSPS) is 11.0. The number of benzene rings is 3. The highest BCUT2D eigenvalue weighted by Crippen LogP contribution is 2.30. The Morgan fingerprint density at radius 3 is 2.21 bits per heavy atom. The summed E-state index contributed by atoms with van der Waals surface area (Å²) in [4.78, 5) is 18.2. The fraction of sp³-hybridized carbons (Fsp3) is 0.107. The van der Waals surface area contributed by atoms with E-state index in [4.69, 9.17) is 4.98 Å². The van der Waals surface area contributed by atoms with Crippen LogP contribution < -0.4 is 5.32 Å². The number of fused-ring (bicyclic) bond motifs is 1. The van der Waals surface area contributed by atoms with Crippen LogP contribution in [0.15, 0.2) is 84.9 Å². The van der Waals surface area contributed by atoms with Gasteiger partial charge in [-0.05, 0) is 49.2 Å². The lowest BCUT2D eigenvalue weighted by molar-refractivity contribution is 0.102. The maximum absolute atomic E-state index is 13.4. The number of aromatic nitrogens is 3. The number of aryl methyl sites for hydroxylation is 2. The molecule has 33 heavy (non-hydrogen) atoms. The molecule has 0 saturated heterocycles. The van der Waals surface area contributed by atoms with Gasteiger partial charge in [-0.15, -0.1) is 0 Å². The van der Waals surface area contributed by atoms with E-state index in [2.05, 4.69) is 22.5 Å². The predicted octanol–water partition coefficient (Wildman–Crippen LogP) is 6.17. The minimum absolute atomic E-state index is 0.165. The quantitative estimate of drug-likeness (QED) is 0.369. The van der Waals surface area contributed by atoms with Crippen LogP contribution in [0.2, 0.25) is 0 Å². The molecule has 0 saturated carbocycles. The van der Waals surface area contributed by atoms with Crippen LogP contribution in [-0.4, -0.2) is 20.7 Å². The summed E-state index contributed by atoms with van der Waals surface area (Å²) in [5.74, 6) is -0.165. The summed E-state index contributed by atoms with van der Waals surface area (Å²) < 4.78 is 1.84. The van der Waals surface area contributed by atoms with Crippen LogP contribution in [0, 0.1) is 13.8 Å². The van der Waals surface area contributed by atoms with E-state index >= 15 is 0 Å². The number of hydrogen-bond acceptors (Lipinski definition) is 3. The number of nitrogens with zero attached hydrogens (tertiary/aromatic N) is 3. The Hall–Kier alpha value is -4.25. The highest BCUT2D eigenvalue weighted by molar-refractivity contribution is 6.13. The summed E-state index contributed by atoms with van der Waals surface area (Å²) in [6.45, 7) is 3.98. The lowest BCUT2D eigenvalue weighted by Crippen LogP contribution is -2.13. The molecule has 0 aliphatic carbocycles. The van der Waals surface area contributed by atoms with E-state index in [-0.39, 0.29) is 5.91 Å². The van der Waals surface area contributed by atoms with Gasteiger partial charge in [-0.1, -0.05) is 60.7 Å². The van der Waals surface area contributed by atoms with Gasteiger partial charge in [-0.3, -0.25) is 9.48 Å². The van der Waals surface area contributed by atoms with Gasteiger partial charge in [-0.2, -0.15) is 5.10 Å². The van der Waals surface area contributed by atoms with Crippen molar-refractivity contribution >= 4 is 22.5 Å². The summed E-state index contributed by atoms with van der Waals surface area (Å²) in [6, 6.07) is 27.7. The van der Waals surface area contributed by atoms with E-state index in [0.717, 1.165) is 50.4 Å². The highest BCUT2D eigenvalue weighted by Gasteiger charge is 2.18. The second-order valence-corrected chi connectivity index (χ2v) is 8.14. The molecule has 0 aliphatic rings. The highest BCUT2D eigenvalue weighted by atomic mass is 16.1. The van der Waals surface area contributed by atoms with E-state index in [1.165, 1.54) is 0 Å². The van der Waals surface area contributed by atoms with E-state index in [1.54, 1.807) is 0 Å². The molecule has 2 heterocycles. The van der Waals surface area contributed by atoms with Gasteiger partial charge in [0.25, 0.3) is 5.91 Å². The minimum atomic E-state index is -0.165. The number of amides is 1. The van der Waals surface area contributed by atoms with E-state index in [1.807, 2.05) is 98.4 Å². The first-order valence-electron chi connectivity index (χ1n) is 10.9. The molecule has 0 bridgehead atoms. The zero-order chi connectivity index (χ0) is 22.9. The van der Waals surface area contributed by atoms with Crippen LogP contribution in [0.25, 0.3) is 33.3 Å². The summed E-state index contributed by atoms with van der Waals surface area (Å²) >= 11 is 0. The minimum Gasteiger partial charge on any atom is -0.322 e. The van der Waals surface area contributed by atoms with Crippen molar-refractivity contribution < 1.29 is 4.79 Å². The SMILES string of the molecule is Cc1nn(C)c(C)c1-c1cc(C(=O)Nc2ccc(-c3ccccc3)cc2)c2ccccc2n1. The number of rotatable bonds is 4. The van der Waals surface area contributed by atoms with Crippen molar-refractivity contribution in [3.05, 3.63) is 102 Å². The van der Waals surface area contributed by atoms with Gasteiger partial charge in [0, 0.05) is 29.4 Å². The average molecular weight is 433 g/mol. The van der Waals surface area contributed by atoms with Crippen LogP contribution in [0.5, 0.6) is 0 Å². The molecule has 0 radical (unpaired) electrons. The Morgan fingerprint density at radius 2 is 1.52 bits per heavy atom. The van der Waals surface area contributed by atoms with Crippen molar-refractivity contribution in [3.8, 4) is 22.4 Å². The van der Waals surface area contributed by atoms with Gasteiger partial charge >= 0.3 is 0 Å². The average Bonchev–Trinajstić information content (AvgIpc) is 3.10. The second-order valence-electron chi connectivity index (χ2n) is 8.14. The third-order valence-corrected chi connectivity index (χ3v) is 5.98. The van der Waals surface area contributed by atoms with Crippen LogP contribution >= 0.6 is 0 Å². The van der Waals surface area contributed by atoms with Crippen molar-refractivity contribution in [2.75, 3.05) is 5.32 Å². The van der Waals surface area contributed by atoms with E-state index in [0.29, 0.717) is 5.56 Å². The topological polar surface area (TPSA) is 59.8 Å². The molecule has 5 rings (SSSR count). The smallest absolute Gasteiger partial charge is 0.256 e. The van der Waals surface area contributed by atoms with Gasteiger partial charge < -0.3 is 5.32 Å². The molecule has 3 aromatic carbocycles. The molecule has 0 spiro atoms. The molecule has 0 aliphatic heterocycles. The van der Waals surface area contributed by atoms with Crippen molar-refractivity contribution in [2.45, 2.75) is 13.8 Å². The van der Waals surface area contributed by atoms with Crippen molar-refractivity contribution in [1.82, 2.24) is 14.8 Å². The molecule has 1 amide bonds. The largest absolute Gasteiger partial charge is 0.322 e. The van der Waals surface area contributed by atoms with E-state index < -0.39 is 0 Å². The van der Waals surface area contributed by atoms with Crippen LogP contribution in [0.1, 0.15) is 21.7 Å². The molecule has 2 aromatic heterocycles. The molecule has 0 atom stereocenters. The van der Waals surface area contributed by atoms with Crippen LogP contribution in [-0.2, 0) is 7.05 Å². The zero-order valence-electron chi connectivity index (χ0n) is 18.8. The van der Waals surface area contributed by atoms with E-state index in [9.17, 15) is 4.79 Å². The second kappa shape index (κ2) is 8.36. The number of para-hydroxylation sites is 1. The maximum Gasteiger partial charge on any atom is 0.256 e.